The molecule has 1 saturated heterocycles. The highest BCUT2D eigenvalue weighted by atomic mass is 35.5. The third kappa shape index (κ3) is 5.58. The molecule has 2 N–H and O–H groups in total. The molecule has 0 radical (unpaired) electrons. The van der Waals surface area contributed by atoms with Gasteiger partial charge in [0.15, 0.2) is 0 Å². The second kappa shape index (κ2) is 7.50. The Morgan fingerprint density at radius 1 is 1.52 bits per heavy atom. The second-order valence-electron chi connectivity index (χ2n) is 8.56. The normalized spacial score (nSPS) is 21.2. The predicted molar refractivity (Wildman–Crippen MR) is 101 cm³/mol. The van der Waals surface area contributed by atoms with Gasteiger partial charge in [-0.2, -0.15) is 0 Å². The first-order valence-corrected chi connectivity index (χ1v) is 9.23. The molecule has 25 heavy (non-hydrogen) atoms. The Labute approximate surface area is 155 Å². The van der Waals surface area contributed by atoms with E-state index in [0.29, 0.717) is 17.5 Å². The molecule has 1 aliphatic rings. The van der Waals surface area contributed by atoms with Crippen LogP contribution in [-0.4, -0.2) is 33.7 Å². The van der Waals surface area contributed by atoms with Crippen LogP contribution in [0.15, 0.2) is 18.3 Å². The summed E-state index contributed by atoms with van der Waals surface area (Å²) in [7, 11) is 0. The quantitative estimate of drug-likeness (QED) is 0.847. The number of rotatable bonds is 4. The zero-order chi connectivity index (χ0) is 18.8. The van der Waals surface area contributed by atoms with E-state index in [1.807, 2.05) is 31.7 Å². The van der Waals surface area contributed by atoms with E-state index in [-0.39, 0.29) is 17.7 Å². The molecule has 5 nitrogen and oxygen atoms in total. The summed E-state index contributed by atoms with van der Waals surface area (Å²) in [6, 6.07) is 3.42. The summed E-state index contributed by atoms with van der Waals surface area (Å²) in [5, 5.41) is 0.651. The Balaban J connectivity index is 1.93. The third-order valence-electron chi connectivity index (χ3n) is 4.58. The van der Waals surface area contributed by atoms with Crippen molar-refractivity contribution in [2.24, 2.45) is 11.7 Å². The highest BCUT2D eigenvalue weighted by molar-refractivity contribution is 6.30. The molecule has 2 heterocycles. The van der Waals surface area contributed by atoms with E-state index in [4.69, 9.17) is 22.1 Å². The summed E-state index contributed by atoms with van der Waals surface area (Å²) in [6.45, 7) is 10.6. The van der Waals surface area contributed by atoms with E-state index in [9.17, 15) is 4.79 Å². The first-order valence-electron chi connectivity index (χ1n) is 8.85. The van der Waals surface area contributed by atoms with E-state index < -0.39 is 5.60 Å². The topological polar surface area (TPSA) is 68.5 Å². The molecule has 1 aliphatic heterocycles. The van der Waals surface area contributed by atoms with Crippen molar-refractivity contribution in [3.63, 3.8) is 0 Å². The van der Waals surface area contributed by atoms with Gasteiger partial charge in [-0.25, -0.2) is 4.79 Å². The van der Waals surface area contributed by atoms with Crippen molar-refractivity contribution in [1.82, 2.24) is 9.88 Å². The minimum atomic E-state index is -0.480. The number of pyridine rings is 1. The van der Waals surface area contributed by atoms with Crippen LogP contribution in [0.1, 0.15) is 65.6 Å². The zero-order valence-electron chi connectivity index (χ0n) is 15.9. The summed E-state index contributed by atoms with van der Waals surface area (Å²) in [6.07, 6.45) is 4.15. The van der Waals surface area contributed by atoms with E-state index >= 15 is 0 Å². The van der Waals surface area contributed by atoms with Crippen LogP contribution in [-0.2, 0) is 4.74 Å². The van der Waals surface area contributed by atoms with Gasteiger partial charge in [-0.1, -0.05) is 11.6 Å². The van der Waals surface area contributed by atoms with Gasteiger partial charge in [0.25, 0.3) is 0 Å². The van der Waals surface area contributed by atoms with Crippen LogP contribution in [0.4, 0.5) is 4.79 Å². The van der Waals surface area contributed by atoms with Crippen LogP contribution in [0, 0.1) is 5.92 Å². The van der Waals surface area contributed by atoms with Gasteiger partial charge < -0.3 is 15.4 Å². The summed E-state index contributed by atoms with van der Waals surface area (Å²) >= 11 is 6.01. The number of carbonyl (C=O) groups is 1. The van der Waals surface area contributed by atoms with E-state index in [2.05, 4.69) is 18.8 Å². The van der Waals surface area contributed by atoms with Crippen LogP contribution < -0.4 is 5.73 Å². The largest absolute Gasteiger partial charge is 0.444 e. The molecule has 0 aliphatic carbocycles. The molecule has 0 bridgehead atoms. The van der Waals surface area contributed by atoms with Crippen molar-refractivity contribution in [2.45, 2.75) is 71.1 Å². The molecular formula is C19H30ClN3O2. The molecule has 140 valence electrons. The van der Waals surface area contributed by atoms with Crippen LogP contribution in [0.2, 0.25) is 5.02 Å². The second-order valence-corrected chi connectivity index (χ2v) is 8.99. The predicted octanol–water partition coefficient (Wildman–Crippen LogP) is 4.55. The molecule has 0 spiro atoms. The summed E-state index contributed by atoms with van der Waals surface area (Å²) in [5.74, 6) is 0.410. The van der Waals surface area contributed by atoms with Crippen molar-refractivity contribution in [2.75, 3.05) is 6.54 Å². The summed E-state index contributed by atoms with van der Waals surface area (Å²) in [5.41, 5.74) is 6.39. The Morgan fingerprint density at radius 2 is 2.20 bits per heavy atom. The maximum absolute atomic E-state index is 12.5. The molecule has 1 amide bonds. The molecule has 6 heteroatoms. The lowest BCUT2D eigenvalue weighted by atomic mass is 9.91. The fourth-order valence-electron chi connectivity index (χ4n) is 3.41. The number of carbonyl (C=O) groups excluding carboxylic acids is 1. The van der Waals surface area contributed by atoms with Crippen molar-refractivity contribution < 1.29 is 9.53 Å². The average Bonchev–Trinajstić information content (AvgIpc) is 2.78. The van der Waals surface area contributed by atoms with Gasteiger partial charge in [0.1, 0.15) is 5.60 Å². The first kappa shape index (κ1) is 20.0. The Hall–Kier alpha value is -1.33. The van der Waals surface area contributed by atoms with Crippen molar-refractivity contribution in [3.05, 3.63) is 29.0 Å². The number of aromatic nitrogens is 1. The van der Waals surface area contributed by atoms with Crippen molar-refractivity contribution in [1.29, 1.82) is 0 Å². The van der Waals surface area contributed by atoms with Gasteiger partial charge in [-0.3, -0.25) is 4.98 Å². The third-order valence-corrected chi connectivity index (χ3v) is 4.82. The minimum Gasteiger partial charge on any atom is -0.444 e. The van der Waals surface area contributed by atoms with Gasteiger partial charge in [-0.05, 0) is 71.9 Å². The fraction of sp³-hybridized carbons (Fsp3) is 0.684. The molecule has 0 aromatic carbocycles. The van der Waals surface area contributed by atoms with E-state index in [1.165, 1.54) is 0 Å². The van der Waals surface area contributed by atoms with Gasteiger partial charge in [0.2, 0.25) is 0 Å². The molecule has 2 atom stereocenters. The Kier molecular flexibility index (Phi) is 6.00. The van der Waals surface area contributed by atoms with Gasteiger partial charge in [0.05, 0.1) is 5.69 Å². The standard InChI is InChI=1S/C19H30ClN3O2/c1-18(2,3)25-17(24)23-12-13(11-19(23,4)5)6-7-15(21)16-10-14(20)8-9-22-16/h8-10,13,15H,6-7,11-12,21H2,1-5H3/t13-,15?/m0/s1. The lowest BCUT2D eigenvalue weighted by Crippen LogP contribution is -2.45. The number of likely N-dealkylation sites (tertiary alicyclic amines) is 1. The molecule has 1 fully saturated rings. The maximum Gasteiger partial charge on any atom is 0.410 e. The van der Waals surface area contributed by atoms with Gasteiger partial charge >= 0.3 is 6.09 Å². The molecule has 1 unspecified atom stereocenters. The number of ether oxygens (including phenoxy) is 1. The lowest BCUT2D eigenvalue weighted by Gasteiger charge is -2.33. The SMILES string of the molecule is CC(C)(C)OC(=O)N1C[C@@H](CCC(N)c2cc(Cl)ccn2)CC1(C)C. The fourth-order valence-corrected chi connectivity index (χ4v) is 3.57. The molecule has 2 rings (SSSR count). The van der Waals surface area contributed by atoms with Crippen molar-refractivity contribution >= 4 is 17.7 Å². The monoisotopic (exact) mass is 367 g/mol. The van der Waals surface area contributed by atoms with E-state index in [1.54, 1.807) is 12.3 Å². The van der Waals surface area contributed by atoms with Crippen molar-refractivity contribution in [3.8, 4) is 0 Å². The van der Waals surface area contributed by atoms with Crippen LogP contribution in [0.5, 0.6) is 0 Å². The Bertz CT molecular complexity index is 613. The van der Waals surface area contributed by atoms with Crippen LogP contribution >= 0.6 is 11.6 Å². The molecule has 1 aromatic heterocycles. The van der Waals surface area contributed by atoms with Gasteiger partial charge in [-0.15, -0.1) is 0 Å². The number of amides is 1. The number of nitrogens with zero attached hydrogens (tertiary/aromatic N) is 2. The highest BCUT2D eigenvalue weighted by Crippen LogP contribution is 2.37. The number of nitrogens with two attached hydrogens (primary N) is 1. The zero-order valence-corrected chi connectivity index (χ0v) is 16.6. The smallest absolute Gasteiger partial charge is 0.410 e. The summed E-state index contributed by atoms with van der Waals surface area (Å²) < 4.78 is 5.55. The minimum absolute atomic E-state index is 0.141. The average molecular weight is 368 g/mol. The van der Waals surface area contributed by atoms with Gasteiger partial charge in [0, 0.05) is 29.3 Å². The Morgan fingerprint density at radius 3 is 2.80 bits per heavy atom. The number of hydrogen-bond donors (Lipinski definition) is 1. The maximum atomic E-state index is 12.5. The molecular weight excluding hydrogens is 338 g/mol. The highest BCUT2D eigenvalue weighted by Gasteiger charge is 2.42. The van der Waals surface area contributed by atoms with E-state index in [0.717, 1.165) is 25.0 Å². The van der Waals surface area contributed by atoms with Crippen LogP contribution in [0.3, 0.4) is 0 Å². The number of halogens is 1. The summed E-state index contributed by atoms with van der Waals surface area (Å²) in [4.78, 5) is 18.6. The molecule has 1 aromatic rings. The first-order chi connectivity index (χ1) is 11.5. The molecule has 0 saturated carbocycles. The van der Waals surface area contributed by atoms with Crippen LogP contribution in [0.25, 0.3) is 0 Å². The number of hydrogen-bond acceptors (Lipinski definition) is 4. The lowest BCUT2D eigenvalue weighted by molar-refractivity contribution is 0.0131.